The molecule has 0 bridgehead atoms. The summed E-state index contributed by atoms with van der Waals surface area (Å²) >= 11 is 0. The van der Waals surface area contributed by atoms with Crippen molar-refractivity contribution in [1.82, 2.24) is 10.2 Å². The van der Waals surface area contributed by atoms with E-state index in [9.17, 15) is 9.59 Å². The van der Waals surface area contributed by atoms with Gasteiger partial charge >= 0.3 is 0 Å². The van der Waals surface area contributed by atoms with Crippen molar-refractivity contribution in [3.05, 3.63) is 72.3 Å². The van der Waals surface area contributed by atoms with Crippen molar-refractivity contribution in [2.24, 2.45) is 0 Å². The number of anilines is 4. The third-order valence-electron chi connectivity index (χ3n) is 3.87. The van der Waals surface area contributed by atoms with Crippen molar-refractivity contribution in [1.29, 1.82) is 0 Å². The Labute approximate surface area is 163 Å². The first-order chi connectivity index (χ1) is 13.6. The van der Waals surface area contributed by atoms with Crippen LogP contribution >= 0.6 is 0 Å². The zero-order chi connectivity index (χ0) is 19.8. The van der Waals surface area contributed by atoms with Gasteiger partial charge in [0.1, 0.15) is 0 Å². The lowest BCUT2D eigenvalue weighted by molar-refractivity contribution is -0.116. The summed E-state index contributed by atoms with van der Waals surface area (Å²) in [5.41, 5.74) is 2.57. The average molecular weight is 375 g/mol. The Bertz CT molecular complexity index is 943. The average Bonchev–Trinajstić information content (AvgIpc) is 2.68. The summed E-state index contributed by atoms with van der Waals surface area (Å²) in [5.74, 6) is 0.684. The van der Waals surface area contributed by atoms with Crippen LogP contribution in [0.5, 0.6) is 0 Å². The van der Waals surface area contributed by atoms with E-state index < -0.39 is 0 Å². The Hall–Kier alpha value is -3.74. The molecule has 0 saturated carbocycles. The summed E-state index contributed by atoms with van der Waals surface area (Å²) < 4.78 is 0. The summed E-state index contributed by atoms with van der Waals surface area (Å²) in [6.07, 6.45) is 1.05. The molecule has 2 aromatic carbocycles. The summed E-state index contributed by atoms with van der Waals surface area (Å²) in [7, 11) is 0. The SMILES string of the molecule is CC(=O)Nc1cccc(Nc2ccc(NC(=O)CCc3ccccc3)nn2)c1. The maximum absolute atomic E-state index is 12.1. The second-order valence-corrected chi connectivity index (χ2v) is 6.22. The number of aromatic nitrogens is 2. The highest BCUT2D eigenvalue weighted by Gasteiger charge is 2.06. The topological polar surface area (TPSA) is 96.0 Å². The Morgan fingerprint density at radius 3 is 2.25 bits per heavy atom. The first-order valence-electron chi connectivity index (χ1n) is 8.91. The number of carbonyl (C=O) groups excluding carboxylic acids is 2. The van der Waals surface area contributed by atoms with Crippen molar-refractivity contribution >= 4 is 34.8 Å². The fourth-order valence-corrected chi connectivity index (χ4v) is 2.60. The number of amides is 2. The number of rotatable bonds is 7. The van der Waals surface area contributed by atoms with Crippen molar-refractivity contribution in [3.63, 3.8) is 0 Å². The van der Waals surface area contributed by atoms with Gasteiger partial charge in [-0.2, -0.15) is 0 Å². The standard InChI is InChI=1S/C21H21N5O2/c1-15(27)22-17-8-5-9-18(14-17)23-19-11-12-20(26-25-19)24-21(28)13-10-16-6-3-2-4-7-16/h2-9,11-12,14H,10,13H2,1H3,(H,22,27)(H,23,25)(H,24,26,28). The Kier molecular flexibility index (Phi) is 6.30. The van der Waals surface area contributed by atoms with Gasteiger partial charge in [-0.15, -0.1) is 10.2 Å². The number of nitrogens with zero attached hydrogens (tertiary/aromatic N) is 2. The van der Waals surface area contributed by atoms with Crippen LogP contribution < -0.4 is 16.0 Å². The summed E-state index contributed by atoms with van der Waals surface area (Å²) in [6, 6.07) is 20.5. The molecule has 2 amide bonds. The number of carbonyl (C=O) groups is 2. The molecule has 0 unspecified atom stereocenters. The van der Waals surface area contributed by atoms with Crippen molar-refractivity contribution < 1.29 is 9.59 Å². The molecule has 142 valence electrons. The molecule has 7 heteroatoms. The summed E-state index contributed by atoms with van der Waals surface area (Å²) in [6.45, 7) is 1.46. The predicted molar refractivity (Wildman–Crippen MR) is 109 cm³/mol. The van der Waals surface area contributed by atoms with E-state index in [1.54, 1.807) is 24.3 Å². The lowest BCUT2D eigenvalue weighted by Crippen LogP contribution is -2.14. The highest BCUT2D eigenvalue weighted by atomic mass is 16.2. The molecule has 0 spiro atoms. The Morgan fingerprint density at radius 2 is 1.54 bits per heavy atom. The molecule has 0 aliphatic carbocycles. The second-order valence-electron chi connectivity index (χ2n) is 6.22. The number of benzene rings is 2. The molecule has 0 fully saturated rings. The molecular weight excluding hydrogens is 354 g/mol. The monoisotopic (exact) mass is 375 g/mol. The fraction of sp³-hybridized carbons (Fsp3) is 0.143. The highest BCUT2D eigenvalue weighted by Crippen LogP contribution is 2.19. The first-order valence-corrected chi connectivity index (χ1v) is 8.91. The minimum Gasteiger partial charge on any atom is -0.339 e. The maximum Gasteiger partial charge on any atom is 0.225 e. The van der Waals surface area contributed by atoms with E-state index in [-0.39, 0.29) is 11.8 Å². The molecule has 3 N–H and O–H groups in total. The van der Waals surface area contributed by atoms with Gasteiger partial charge in [0.05, 0.1) is 0 Å². The zero-order valence-corrected chi connectivity index (χ0v) is 15.5. The quantitative estimate of drug-likeness (QED) is 0.584. The molecule has 28 heavy (non-hydrogen) atoms. The van der Waals surface area contributed by atoms with Crippen LogP contribution in [0, 0.1) is 0 Å². The van der Waals surface area contributed by atoms with Crippen LogP contribution in [0.25, 0.3) is 0 Å². The van der Waals surface area contributed by atoms with Crippen molar-refractivity contribution in [3.8, 4) is 0 Å². The van der Waals surface area contributed by atoms with Gasteiger partial charge in [0.2, 0.25) is 11.8 Å². The van der Waals surface area contributed by atoms with Gasteiger partial charge in [-0.1, -0.05) is 36.4 Å². The smallest absolute Gasteiger partial charge is 0.225 e. The van der Waals surface area contributed by atoms with E-state index in [1.165, 1.54) is 6.92 Å². The number of aryl methyl sites for hydroxylation is 1. The number of nitrogens with one attached hydrogen (secondary N) is 3. The fourth-order valence-electron chi connectivity index (χ4n) is 2.60. The van der Waals surface area contributed by atoms with E-state index >= 15 is 0 Å². The van der Waals surface area contributed by atoms with Crippen molar-refractivity contribution in [2.45, 2.75) is 19.8 Å². The van der Waals surface area contributed by atoms with Gasteiger partial charge < -0.3 is 16.0 Å². The van der Waals surface area contributed by atoms with Crippen LogP contribution in [0.1, 0.15) is 18.9 Å². The first kappa shape index (κ1) is 19.0. The van der Waals surface area contributed by atoms with E-state index in [2.05, 4.69) is 26.1 Å². The van der Waals surface area contributed by atoms with Crippen LogP contribution in [-0.2, 0) is 16.0 Å². The minimum absolute atomic E-state index is 0.109. The summed E-state index contributed by atoms with van der Waals surface area (Å²) in [5, 5.41) is 16.7. The third kappa shape index (κ3) is 5.91. The molecule has 0 aliphatic heterocycles. The molecule has 0 saturated heterocycles. The molecule has 7 nitrogen and oxygen atoms in total. The van der Waals surface area contributed by atoms with Crippen LogP contribution in [0.4, 0.5) is 23.0 Å². The van der Waals surface area contributed by atoms with E-state index in [4.69, 9.17) is 0 Å². The zero-order valence-electron chi connectivity index (χ0n) is 15.5. The van der Waals surface area contributed by atoms with Gasteiger partial charge in [0.25, 0.3) is 0 Å². The molecule has 0 aliphatic rings. The molecule has 3 aromatic rings. The van der Waals surface area contributed by atoms with Crippen LogP contribution in [-0.4, -0.2) is 22.0 Å². The Balaban J connectivity index is 1.53. The largest absolute Gasteiger partial charge is 0.339 e. The van der Waals surface area contributed by atoms with Crippen LogP contribution in [0.2, 0.25) is 0 Å². The van der Waals surface area contributed by atoms with Gasteiger partial charge in [-0.25, -0.2) is 0 Å². The van der Waals surface area contributed by atoms with Crippen LogP contribution in [0.15, 0.2) is 66.7 Å². The highest BCUT2D eigenvalue weighted by molar-refractivity contribution is 5.90. The van der Waals surface area contributed by atoms with Gasteiger partial charge in [0, 0.05) is 24.7 Å². The lowest BCUT2D eigenvalue weighted by Gasteiger charge is -2.08. The lowest BCUT2D eigenvalue weighted by atomic mass is 10.1. The number of hydrogen-bond donors (Lipinski definition) is 3. The molecule has 1 aromatic heterocycles. The van der Waals surface area contributed by atoms with Gasteiger partial charge in [-0.05, 0) is 42.3 Å². The van der Waals surface area contributed by atoms with Gasteiger partial charge in [0.15, 0.2) is 11.6 Å². The minimum atomic E-state index is -0.135. The van der Waals surface area contributed by atoms with E-state index in [0.717, 1.165) is 11.3 Å². The normalized spacial score (nSPS) is 10.2. The second kappa shape index (κ2) is 9.27. The Morgan fingerprint density at radius 1 is 0.821 bits per heavy atom. The molecule has 1 heterocycles. The van der Waals surface area contributed by atoms with Crippen molar-refractivity contribution in [2.75, 3.05) is 16.0 Å². The molecule has 0 atom stereocenters. The van der Waals surface area contributed by atoms with E-state index in [1.807, 2.05) is 42.5 Å². The van der Waals surface area contributed by atoms with Crippen LogP contribution in [0.3, 0.4) is 0 Å². The molecule has 0 radical (unpaired) electrons. The number of hydrogen-bond acceptors (Lipinski definition) is 5. The molecule has 3 rings (SSSR count). The van der Waals surface area contributed by atoms with E-state index in [0.29, 0.717) is 30.2 Å². The maximum atomic E-state index is 12.1. The third-order valence-corrected chi connectivity index (χ3v) is 3.87. The molecular formula is C21H21N5O2. The van der Waals surface area contributed by atoms with Gasteiger partial charge in [-0.3, -0.25) is 9.59 Å². The summed E-state index contributed by atoms with van der Waals surface area (Å²) in [4.78, 5) is 23.2. The predicted octanol–water partition coefficient (Wildman–Crippen LogP) is 3.75.